The number of nitro groups is 1. The number of hydrogen-bond donors (Lipinski definition) is 1. The molecule has 0 aliphatic rings. The van der Waals surface area contributed by atoms with Crippen molar-refractivity contribution in [2.75, 3.05) is 19.5 Å². The number of hydrogen-bond acceptors (Lipinski definition) is 7. The van der Waals surface area contributed by atoms with Crippen LogP contribution in [0.3, 0.4) is 0 Å². The van der Waals surface area contributed by atoms with Gasteiger partial charge in [0.25, 0.3) is 15.7 Å². The number of anilines is 1. The fraction of sp³-hybridized carbons (Fsp3) is 0.235. The summed E-state index contributed by atoms with van der Waals surface area (Å²) in [4.78, 5) is 28.0. The SMILES string of the molecule is CON(C)S(=O)(=O)c1ccc(NC(=O)C(C)Sc2ccc([N+](=O)[O-])cc2)cc1. The molecule has 0 saturated heterocycles. The summed E-state index contributed by atoms with van der Waals surface area (Å²) in [7, 11) is -1.23. The molecule has 2 rings (SSSR count). The lowest BCUT2D eigenvalue weighted by Gasteiger charge is -2.15. The number of rotatable bonds is 8. The lowest BCUT2D eigenvalue weighted by molar-refractivity contribution is -0.384. The predicted octanol–water partition coefficient (Wildman–Crippen LogP) is 2.90. The zero-order valence-electron chi connectivity index (χ0n) is 15.4. The molecule has 9 nitrogen and oxygen atoms in total. The van der Waals surface area contributed by atoms with Crippen molar-refractivity contribution in [2.45, 2.75) is 22.0 Å². The average Bonchev–Trinajstić information content (AvgIpc) is 2.68. The van der Waals surface area contributed by atoms with E-state index >= 15 is 0 Å². The summed E-state index contributed by atoms with van der Waals surface area (Å²) in [6, 6.07) is 11.6. The fourth-order valence-corrected chi connectivity index (χ4v) is 3.95. The Balaban J connectivity index is 2.01. The number of sulfonamides is 1. The molecule has 1 amide bonds. The van der Waals surface area contributed by atoms with E-state index in [2.05, 4.69) is 5.32 Å². The molecule has 1 N–H and O–H groups in total. The van der Waals surface area contributed by atoms with Gasteiger partial charge in [-0.15, -0.1) is 11.8 Å². The first-order valence-corrected chi connectivity index (χ1v) is 10.3. The van der Waals surface area contributed by atoms with Crippen LogP contribution in [-0.4, -0.2) is 43.1 Å². The highest BCUT2D eigenvalue weighted by Crippen LogP contribution is 2.26. The average molecular weight is 425 g/mol. The maximum absolute atomic E-state index is 12.3. The number of thioether (sulfide) groups is 1. The minimum absolute atomic E-state index is 0.0179. The number of carbonyl (C=O) groups excluding carboxylic acids is 1. The molecule has 28 heavy (non-hydrogen) atoms. The number of nitrogens with one attached hydrogen (secondary N) is 1. The lowest BCUT2D eigenvalue weighted by Crippen LogP contribution is -2.26. The van der Waals surface area contributed by atoms with Crippen LogP contribution < -0.4 is 5.32 Å². The van der Waals surface area contributed by atoms with E-state index < -0.39 is 20.2 Å². The Hall–Kier alpha value is -2.47. The summed E-state index contributed by atoms with van der Waals surface area (Å²) >= 11 is 1.25. The highest BCUT2D eigenvalue weighted by molar-refractivity contribution is 8.00. The maximum Gasteiger partial charge on any atom is 0.269 e. The summed E-state index contributed by atoms with van der Waals surface area (Å²) in [6.07, 6.45) is 0. The third-order valence-electron chi connectivity index (χ3n) is 3.74. The number of amides is 1. The molecule has 0 radical (unpaired) electrons. The Morgan fingerprint density at radius 2 is 1.75 bits per heavy atom. The summed E-state index contributed by atoms with van der Waals surface area (Å²) in [5, 5.41) is 12.9. The van der Waals surface area contributed by atoms with Crippen molar-refractivity contribution in [3.63, 3.8) is 0 Å². The van der Waals surface area contributed by atoms with Gasteiger partial charge in [-0.25, -0.2) is 8.42 Å². The molecule has 1 atom stereocenters. The maximum atomic E-state index is 12.3. The minimum atomic E-state index is -3.75. The predicted molar refractivity (Wildman–Crippen MR) is 105 cm³/mol. The standard InChI is InChI=1S/C17H19N3O6S2/c1-12(27-15-8-6-14(7-9-15)20(22)23)17(21)18-13-4-10-16(11-5-13)28(24,25)19(2)26-3/h4-12H,1-3H3,(H,18,21). The lowest BCUT2D eigenvalue weighted by atomic mass is 10.3. The molecular weight excluding hydrogens is 406 g/mol. The monoisotopic (exact) mass is 425 g/mol. The molecule has 11 heteroatoms. The number of non-ortho nitro benzene ring substituents is 1. The molecule has 2 aromatic carbocycles. The van der Waals surface area contributed by atoms with E-state index in [0.29, 0.717) is 5.69 Å². The molecule has 0 fully saturated rings. The van der Waals surface area contributed by atoms with Gasteiger partial charge in [-0.1, -0.05) is 4.47 Å². The third kappa shape index (κ3) is 5.29. The zero-order valence-corrected chi connectivity index (χ0v) is 17.0. The molecule has 0 aromatic heterocycles. The smallest absolute Gasteiger partial charge is 0.269 e. The minimum Gasteiger partial charge on any atom is -0.325 e. The van der Waals surface area contributed by atoms with Gasteiger partial charge in [0.1, 0.15) is 0 Å². The van der Waals surface area contributed by atoms with Crippen LogP contribution >= 0.6 is 11.8 Å². The van der Waals surface area contributed by atoms with Crippen LogP contribution in [-0.2, 0) is 19.7 Å². The van der Waals surface area contributed by atoms with Gasteiger partial charge >= 0.3 is 0 Å². The Kier molecular flexibility index (Phi) is 7.13. The van der Waals surface area contributed by atoms with E-state index in [1.165, 1.54) is 62.3 Å². The van der Waals surface area contributed by atoms with E-state index in [1.54, 1.807) is 19.1 Å². The van der Waals surface area contributed by atoms with Gasteiger partial charge in [0.05, 0.1) is 22.2 Å². The Morgan fingerprint density at radius 3 is 2.25 bits per heavy atom. The molecule has 0 aliphatic heterocycles. The molecule has 1 unspecified atom stereocenters. The second kappa shape index (κ2) is 9.15. The van der Waals surface area contributed by atoms with Crippen molar-refractivity contribution in [3.05, 3.63) is 58.6 Å². The Bertz CT molecular complexity index is 946. The second-order valence-electron chi connectivity index (χ2n) is 5.62. The van der Waals surface area contributed by atoms with Gasteiger partial charge in [-0.2, -0.15) is 0 Å². The summed E-state index contributed by atoms with van der Waals surface area (Å²) in [5.74, 6) is -0.284. The van der Waals surface area contributed by atoms with Gasteiger partial charge in [-0.3, -0.25) is 19.7 Å². The van der Waals surface area contributed by atoms with Crippen molar-refractivity contribution in [1.29, 1.82) is 0 Å². The van der Waals surface area contributed by atoms with E-state index in [0.717, 1.165) is 9.36 Å². The van der Waals surface area contributed by atoms with E-state index in [9.17, 15) is 23.3 Å². The summed E-state index contributed by atoms with van der Waals surface area (Å²) < 4.78 is 25.0. The normalized spacial score (nSPS) is 12.6. The molecule has 0 saturated carbocycles. The van der Waals surface area contributed by atoms with Crippen molar-refractivity contribution < 1.29 is 23.0 Å². The highest BCUT2D eigenvalue weighted by Gasteiger charge is 2.21. The van der Waals surface area contributed by atoms with Crippen molar-refractivity contribution in [3.8, 4) is 0 Å². The third-order valence-corrected chi connectivity index (χ3v) is 6.55. The van der Waals surface area contributed by atoms with Crippen LogP contribution in [0.5, 0.6) is 0 Å². The van der Waals surface area contributed by atoms with Gasteiger partial charge in [0, 0.05) is 29.8 Å². The quantitative estimate of drug-likeness (QED) is 0.392. The van der Waals surface area contributed by atoms with Crippen molar-refractivity contribution >= 4 is 39.1 Å². The van der Waals surface area contributed by atoms with E-state index in [-0.39, 0.29) is 16.5 Å². The molecule has 150 valence electrons. The first-order valence-electron chi connectivity index (χ1n) is 8.00. The number of hydroxylamine groups is 1. The summed E-state index contributed by atoms with van der Waals surface area (Å²) in [5.41, 5.74) is 0.427. The van der Waals surface area contributed by atoms with Crippen molar-refractivity contribution in [2.24, 2.45) is 0 Å². The molecular formula is C17H19N3O6S2. The van der Waals surface area contributed by atoms with Crippen LogP contribution in [0.25, 0.3) is 0 Å². The Labute approximate surface area is 166 Å². The highest BCUT2D eigenvalue weighted by atomic mass is 32.2. The second-order valence-corrected chi connectivity index (χ2v) is 8.97. The fourth-order valence-electron chi connectivity index (χ4n) is 2.10. The number of nitrogens with zero attached hydrogens (tertiary/aromatic N) is 2. The number of carbonyl (C=O) groups is 1. The van der Waals surface area contributed by atoms with Gasteiger partial charge < -0.3 is 5.32 Å². The van der Waals surface area contributed by atoms with E-state index in [4.69, 9.17) is 4.84 Å². The first-order chi connectivity index (χ1) is 13.1. The molecule has 0 heterocycles. The van der Waals surface area contributed by atoms with Crippen LogP contribution in [0.2, 0.25) is 0 Å². The topological polar surface area (TPSA) is 119 Å². The largest absolute Gasteiger partial charge is 0.325 e. The Morgan fingerprint density at radius 1 is 1.18 bits per heavy atom. The van der Waals surface area contributed by atoms with Crippen molar-refractivity contribution in [1.82, 2.24) is 4.47 Å². The van der Waals surface area contributed by atoms with Gasteiger partial charge in [0.2, 0.25) is 5.91 Å². The molecule has 0 spiro atoms. The first kappa shape index (κ1) is 21.8. The van der Waals surface area contributed by atoms with Crippen LogP contribution in [0.1, 0.15) is 6.92 Å². The molecule has 0 aliphatic carbocycles. The summed E-state index contributed by atoms with van der Waals surface area (Å²) in [6.45, 7) is 1.70. The van der Waals surface area contributed by atoms with Gasteiger partial charge in [-0.05, 0) is 43.3 Å². The number of nitro benzene ring substituents is 1. The molecule has 2 aromatic rings. The van der Waals surface area contributed by atoms with E-state index in [1.807, 2.05) is 0 Å². The van der Waals surface area contributed by atoms with Crippen LogP contribution in [0, 0.1) is 10.1 Å². The zero-order chi connectivity index (χ0) is 20.9. The van der Waals surface area contributed by atoms with Crippen LogP contribution in [0.15, 0.2) is 58.3 Å². The van der Waals surface area contributed by atoms with Crippen LogP contribution in [0.4, 0.5) is 11.4 Å². The molecule has 0 bridgehead atoms. The van der Waals surface area contributed by atoms with Gasteiger partial charge in [0.15, 0.2) is 0 Å². The number of benzene rings is 2.